The number of phenolic OH excluding ortho intramolecular Hbond substituents is 1. The van der Waals surface area contributed by atoms with Gasteiger partial charge in [0.2, 0.25) is 0 Å². The summed E-state index contributed by atoms with van der Waals surface area (Å²) in [6, 6.07) is 4.84. The molecule has 0 aliphatic rings. The van der Waals surface area contributed by atoms with Crippen LogP contribution in [0, 0.1) is 0 Å². The largest absolute Gasteiger partial charge is 0.504 e. The smallest absolute Gasteiger partial charge is 0.161 e. The van der Waals surface area contributed by atoms with E-state index in [1.807, 2.05) is 0 Å². The summed E-state index contributed by atoms with van der Waals surface area (Å²) in [7, 11) is 3.09. The Balaban J connectivity index is 2.83. The molecule has 0 heterocycles. The molecule has 0 aromatic heterocycles. The predicted octanol–water partition coefficient (Wildman–Crippen LogP) is 0.753. The van der Waals surface area contributed by atoms with E-state index in [0.717, 1.165) is 0 Å². The summed E-state index contributed by atoms with van der Waals surface area (Å²) in [5.41, 5.74) is 6.48. The zero-order valence-electron chi connectivity index (χ0n) is 9.43. The molecular weight excluding hydrogens is 208 g/mol. The third-order valence-electron chi connectivity index (χ3n) is 2.05. The van der Waals surface area contributed by atoms with E-state index in [9.17, 15) is 5.11 Å². The van der Waals surface area contributed by atoms with E-state index in [0.29, 0.717) is 30.3 Å². The monoisotopic (exact) mass is 224 g/mol. The molecule has 1 aromatic carbocycles. The molecule has 0 bridgehead atoms. The van der Waals surface area contributed by atoms with Gasteiger partial charge < -0.3 is 20.3 Å². The number of aliphatic imine (C=N–C) groups is 1. The van der Waals surface area contributed by atoms with Crippen LogP contribution in [0.4, 0.5) is 0 Å². The molecule has 16 heavy (non-hydrogen) atoms. The van der Waals surface area contributed by atoms with Crippen LogP contribution in [0.15, 0.2) is 23.2 Å². The summed E-state index contributed by atoms with van der Waals surface area (Å²) >= 11 is 0. The van der Waals surface area contributed by atoms with E-state index in [1.54, 1.807) is 19.2 Å². The number of nitrogens with zero attached hydrogens (tertiary/aromatic N) is 1. The Kier molecular flexibility index (Phi) is 4.60. The van der Waals surface area contributed by atoms with Gasteiger partial charge in [-0.05, 0) is 18.2 Å². The summed E-state index contributed by atoms with van der Waals surface area (Å²) in [6.45, 7) is 1.03. The highest BCUT2D eigenvalue weighted by Crippen LogP contribution is 2.25. The second-order valence-corrected chi connectivity index (χ2v) is 3.15. The third kappa shape index (κ3) is 3.13. The zero-order chi connectivity index (χ0) is 12.0. The number of phenols is 1. The average Bonchev–Trinajstić information content (AvgIpc) is 2.30. The lowest BCUT2D eigenvalue weighted by Gasteiger charge is -2.06. The number of hydrogen-bond donors (Lipinski definition) is 2. The Morgan fingerprint density at radius 1 is 1.44 bits per heavy atom. The molecule has 0 atom stereocenters. The van der Waals surface area contributed by atoms with Crippen LogP contribution in [0.3, 0.4) is 0 Å². The van der Waals surface area contributed by atoms with Crippen LogP contribution in [-0.4, -0.2) is 38.3 Å². The molecule has 5 heteroatoms. The van der Waals surface area contributed by atoms with Gasteiger partial charge in [0.1, 0.15) is 5.84 Å². The van der Waals surface area contributed by atoms with Gasteiger partial charge in [-0.2, -0.15) is 0 Å². The zero-order valence-corrected chi connectivity index (χ0v) is 9.43. The topological polar surface area (TPSA) is 77.1 Å². The quantitative estimate of drug-likeness (QED) is 0.439. The van der Waals surface area contributed by atoms with Gasteiger partial charge in [-0.25, -0.2) is 0 Å². The molecule has 88 valence electrons. The number of aromatic hydroxyl groups is 1. The molecule has 0 radical (unpaired) electrons. The lowest BCUT2D eigenvalue weighted by atomic mass is 10.2. The number of rotatable bonds is 5. The Morgan fingerprint density at radius 2 is 2.19 bits per heavy atom. The minimum Gasteiger partial charge on any atom is -0.504 e. The molecule has 0 saturated carbocycles. The Hall–Kier alpha value is -1.75. The van der Waals surface area contributed by atoms with E-state index in [2.05, 4.69) is 4.99 Å². The van der Waals surface area contributed by atoms with E-state index >= 15 is 0 Å². The molecule has 1 aromatic rings. The molecule has 1 rings (SSSR count). The first-order valence-electron chi connectivity index (χ1n) is 4.85. The van der Waals surface area contributed by atoms with Crippen LogP contribution in [0.2, 0.25) is 0 Å². The molecule has 0 amide bonds. The molecule has 0 fully saturated rings. The molecule has 5 nitrogen and oxygen atoms in total. The highest BCUT2D eigenvalue weighted by atomic mass is 16.5. The molecule has 0 aliphatic heterocycles. The summed E-state index contributed by atoms with van der Waals surface area (Å²) in [5, 5.41) is 9.41. The van der Waals surface area contributed by atoms with Gasteiger partial charge in [-0.1, -0.05) is 0 Å². The fourth-order valence-corrected chi connectivity index (χ4v) is 1.19. The predicted molar refractivity (Wildman–Crippen MR) is 62.1 cm³/mol. The number of nitrogens with two attached hydrogens (primary N) is 1. The maximum Gasteiger partial charge on any atom is 0.161 e. The van der Waals surface area contributed by atoms with Crippen LogP contribution in [0.5, 0.6) is 11.5 Å². The molecule has 0 unspecified atom stereocenters. The van der Waals surface area contributed by atoms with Crippen molar-refractivity contribution in [2.75, 3.05) is 27.4 Å². The lowest BCUT2D eigenvalue weighted by Crippen LogP contribution is -2.14. The van der Waals surface area contributed by atoms with Crippen LogP contribution in [0.25, 0.3) is 0 Å². The summed E-state index contributed by atoms with van der Waals surface area (Å²) in [4.78, 5) is 4.12. The summed E-state index contributed by atoms with van der Waals surface area (Å²) in [5.74, 6) is 0.855. The molecule has 3 N–H and O–H groups in total. The number of amidine groups is 1. The van der Waals surface area contributed by atoms with E-state index in [1.165, 1.54) is 13.2 Å². The highest BCUT2D eigenvalue weighted by molar-refractivity contribution is 5.98. The Labute approximate surface area is 94.5 Å². The van der Waals surface area contributed by atoms with Crippen LogP contribution in [0.1, 0.15) is 5.56 Å². The van der Waals surface area contributed by atoms with Crippen LogP contribution >= 0.6 is 0 Å². The third-order valence-corrected chi connectivity index (χ3v) is 2.05. The highest BCUT2D eigenvalue weighted by Gasteiger charge is 2.04. The van der Waals surface area contributed by atoms with Crippen molar-refractivity contribution in [3.05, 3.63) is 23.8 Å². The van der Waals surface area contributed by atoms with Gasteiger partial charge in [-0.3, -0.25) is 4.99 Å². The fraction of sp³-hybridized carbons (Fsp3) is 0.364. The second kappa shape index (κ2) is 5.97. The van der Waals surface area contributed by atoms with E-state index < -0.39 is 0 Å². The average molecular weight is 224 g/mol. The van der Waals surface area contributed by atoms with Crippen LogP contribution < -0.4 is 10.5 Å². The Bertz CT molecular complexity index is 377. The number of methoxy groups -OCH3 is 2. The normalized spacial score (nSPS) is 11.5. The van der Waals surface area contributed by atoms with Gasteiger partial charge in [0.25, 0.3) is 0 Å². The SMILES string of the molecule is COCCN=C(N)c1ccc(O)c(OC)c1. The first kappa shape index (κ1) is 12.3. The second-order valence-electron chi connectivity index (χ2n) is 3.15. The summed E-state index contributed by atoms with van der Waals surface area (Å²) in [6.07, 6.45) is 0. The number of ether oxygens (including phenoxy) is 2. The van der Waals surface area contributed by atoms with Gasteiger partial charge in [0.15, 0.2) is 11.5 Å². The fourth-order valence-electron chi connectivity index (χ4n) is 1.19. The molecule has 0 aliphatic carbocycles. The van der Waals surface area contributed by atoms with Crippen molar-refractivity contribution in [3.63, 3.8) is 0 Å². The van der Waals surface area contributed by atoms with Crippen molar-refractivity contribution >= 4 is 5.84 Å². The molecular formula is C11H16N2O3. The first-order chi connectivity index (χ1) is 7.69. The van der Waals surface area contributed by atoms with E-state index in [4.69, 9.17) is 15.2 Å². The van der Waals surface area contributed by atoms with Gasteiger partial charge in [0.05, 0.1) is 20.3 Å². The lowest BCUT2D eigenvalue weighted by molar-refractivity contribution is 0.208. The van der Waals surface area contributed by atoms with Gasteiger partial charge in [0, 0.05) is 12.7 Å². The van der Waals surface area contributed by atoms with Crippen molar-refractivity contribution in [3.8, 4) is 11.5 Å². The minimum absolute atomic E-state index is 0.0796. The Morgan fingerprint density at radius 3 is 2.81 bits per heavy atom. The number of hydrogen-bond acceptors (Lipinski definition) is 4. The van der Waals surface area contributed by atoms with Gasteiger partial charge in [-0.15, -0.1) is 0 Å². The first-order valence-corrected chi connectivity index (χ1v) is 4.85. The summed E-state index contributed by atoms with van der Waals surface area (Å²) < 4.78 is 9.84. The molecule has 0 spiro atoms. The minimum atomic E-state index is 0.0796. The maximum atomic E-state index is 9.41. The van der Waals surface area contributed by atoms with Crippen LogP contribution in [-0.2, 0) is 4.74 Å². The van der Waals surface area contributed by atoms with Crippen molar-refractivity contribution in [2.45, 2.75) is 0 Å². The van der Waals surface area contributed by atoms with E-state index in [-0.39, 0.29) is 5.75 Å². The van der Waals surface area contributed by atoms with Gasteiger partial charge >= 0.3 is 0 Å². The standard InChI is InChI=1S/C11H16N2O3/c1-15-6-5-13-11(12)8-3-4-9(14)10(7-8)16-2/h3-4,7,14H,5-6H2,1-2H3,(H2,12,13). The molecule has 0 saturated heterocycles. The van der Waals surface area contributed by atoms with Crippen molar-refractivity contribution < 1.29 is 14.6 Å². The number of benzene rings is 1. The van der Waals surface area contributed by atoms with Crippen molar-refractivity contribution in [1.82, 2.24) is 0 Å². The van der Waals surface area contributed by atoms with Crippen molar-refractivity contribution in [2.24, 2.45) is 10.7 Å². The van der Waals surface area contributed by atoms with Crippen molar-refractivity contribution in [1.29, 1.82) is 0 Å². The maximum absolute atomic E-state index is 9.41.